The van der Waals surface area contributed by atoms with E-state index in [4.69, 9.17) is 0 Å². The van der Waals surface area contributed by atoms with Gasteiger partial charge in [0.15, 0.2) is 0 Å². The molecule has 0 aliphatic carbocycles. The normalized spacial score (nSPS) is 34.1. The Hall–Kier alpha value is -1.10. The van der Waals surface area contributed by atoms with E-state index in [1.165, 1.54) is 0 Å². The number of rotatable bonds is 0. The molecule has 2 rings (SSSR count). The Bertz CT molecular complexity index is 254. The molecule has 0 saturated carbocycles. The van der Waals surface area contributed by atoms with Crippen molar-refractivity contribution in [1.29, 1.82) is 0 Å². The number of carbonyl (C=O) groups is 2. The topological polar surface area (TPSA) is 61.4 Å². The van der Waals surface area contributed by atoms with Crippen LogP contribution in [-0.4, -0.2) is 48.4 Å². The highest BCUT2D eigenvalue weighted by Gasteiger charge is 2.39. The van der Waals surface area contributed by atoms with Crippen molar-refractivity contribution in [2.24, 2.45) is 0 Å². The van der Waals surface area contributed by atoms with Crippen LogP contribution in [0.3, 0.4) is 0 Å². The van der Waals surface area contributed by atoms with Gasteiger partial charge in [-0.1, -0.05) is 0 Å². The molecule has 0 spiro atoms. The van der Waals surface area contributed by atoms with Gasteiger partial charge >= 0.3 is 0 Å². The largest absolute Gasteiger partial charge is 0.343 e. The quantitative estimate of drug-likeness (QED) is 0.471. The molecule has 2 N–H and O–H groups in total. The first kappa shape index (κ1) is 8.50. The number of nitrogens with one attached hydrogen (secondary N) is 2. The van der Waals surface area contributed by atoms with Gasteiger partial charge in [-0.05, 0) is 6.92 Å². The van der Waals surface area contributed by atoms with Crippen LogP contribution < -0.4 is 10.6 Å². The van der Waals surface area contributed by atoms with Crippen LogP contribution >= 0.6 is 0 Å². The lowest BCUT2D eigenvalue weighted by atomic mass is 10.1. The van der Waals surface area contributed by atoms with Gasteiger partial charge in [-0.25, -0.2) is 0 Å². The maximum Gasteiger partial charge on any atom is 0.245 e. The molecular weight excluding hydrogens is 170 g/mol. The van der Waals surface area contributed by atoms with Crippen LogP contribution in [0.15, 0.2) is 0 Å². The first-order valence-corrected chi connectivity index (χ1v) is 4.52. The minimum absolute atomic E-state index is 0.0334. The second kappa shape index (κ2) is 2.99. The minimum Gasteiger partial charge on any atom is -0.343 e. The Morgan fingerprint density at radius 2 is 2.23 bits per heavy atom. The van der Waals surface area contributed by atoms with E-state index in [0.29, 0.717) is 13.1 Å². The highest BCUT2D eigenvalue weighted by molar-refractivity contribution is 5.97. The third-order valence-corrected chi connectivity index (χ3v) is 2.56. The molecule has 2 aliphatic heterocycles. The average Bonchev–Trinajstić information content (AvgIpc) is 2.15. The van der Waals surface area contributed by atoms with Crippen LogP contribution in [0.5, 0.6) is 0 Å². The van der Waals surface area contributed by atoms with E-state index in [2.05, 4.69) is 10.6 Å². The molecule has 0 aromatic heterocycles. The van der Waals surface area contributed by atoms with E-state index in [1.807, 2.05) is 0 Å². The summed E-state index contributed by atoms with van der Waals surface area (Å²) in [6, 6.07) is -0.653. The van der Waals surface area contributed by atoms with Crippen LogP contribution in [0, 0.1) is 0 Å². The van der Waals surface area contributed by atoms with E-state index in [9.17, 15) is 9.59 Å². The van der Waals surface area contributed by atoms with E-state index < -0.39 is 0 Å². The zero-order valence-corrected chi connectivity index (χ0v) is 7.54. The third-order valence-electron chi connectivity index (χ3n) is 2.56. The predicted molar refractivity (Wildman–Crippen MR) is 46.0 cm³/mol. The van der Waals surface area contributed by atoms with E-state index in [0.717, 1.165) is 6.54 Å². The Morgan fingerprint density at radius 3 is 3.00 bits per heavy atom. The molecule has 0 radical (unpaired) electrons. The van der Waals surface area contributed by atoms with Gasteiger partial charge in [-0.3, -0.25) is 9.59 Å². The van der Waals surface area contributed by atoms with Crippen molar-refractivity contribution in [3.63, 3.8) is 0 Å². The van der Waals surface area contributed by atoms with Gasteiger partial charge in [0, 0.05) is 19.6 Å². The highest BCUT2D eigenvalue weighted by Crippen LogP contribution is 2.11. The summed E-state index contributed by atoms with van der Waals surface area (Å²) in [5, 5.41) is 5.75. The fraction of sp³-hybridized carbons (Fsp3) is 0.750. The van der Waals surface area contributed by atoms with Gasteiger partial charge < -0.3 is 15.5 Å². The fourth-order valence-corrected chi connectivity index (χ4v) is 1.82. The first-order valence-electron chi connectivity index (χ1n) is 4.52. The molecule has 2 aliphatic rings. The molecule has 5 heteroatoms. The number of fused-ring (bicyclic) bond motifs is 1. The monoisotopic (exact) mass is 183 g/mol. The molecule has 1 unspecified atom stereocenters. The average molecular weight is 183 g/mol. The van der Waals surface area contributed by atoms with Crippen LogP contribution in [-0.2, 0) is 9.59 Å². The summed E-state index contributed by atoms with van der Waals surface area (Å²) in [6.45, 7) is 3.71. The molecule has 2 heterocycles. The maximum atomic E-state index is 11.6. The summed E-state index contributed by atoms with van der Waals surface area (Å²) in [6.07, 6.45) is 0. The van der Waals surface area contributed by atoms with Crippen molar-refractivity contribution in [3.8, 4) is 0 Å². The van der Waals surface area contributed by atoms with Crippen LogP contribution in [0.25, 0.3) is 0 Å². The van der Waals surface area contributed by atoms with Crippen LogP contribution in [0.2, 0.25) is 0 Å². The number of amides is 2. The summed E-state index contributed by atoms with van der Waals surface area (Å²) in [4.78, 5) is 24.7. The van der Waals surface area contributed by atoms with E-state index in [1.54, 1.807) is 11.8 Å². The van der Waals surface area contributed by atoms with Gasteiger partial charge in [0.2, 0.25) is 11.8 Å². The second-order valence-corrected chi connectivity index (χ2v) is 3.48. The summed E-state index contributed by atoms with van der Waals surface area (Å²) >= 11 is 0. The molecule has 13 heavy (non-hydrogen) atoms. The first-order chi connectivity index (χ1) is 6.20. The van der Waals surface area contributed by atoms with Gasteiger partial charge in [0.05, 0.1) is 0 Å². The lowest BCUT2D eigenvalue weighted by molar-refractivity contribution is -0.149. The van der Waals surface area contributed by atoms with Crippen molar-refractivity contribution in [2.45, 2.75) is 19.0 Å². The lowest BCUT2D eigenvalue weighted by Gasteiger charge is -2.40. The van der Waals surface area contributed by atoms with Crippen molar-refractivity contribution >= 4 is 11.8 Å². The Balaban J connectivity index is 2.19. The van der Waals surface area contributed by atoms with E-state index in [-0.39, 0.29) is 23.9 Å². The number of hydrogen-bond acceptors (Lipinski definition) is 3. The maximum absolute atomic E-state index is 11.6. The summed E-state index contributed by atoms with van der Waals surface area (Å²) < 4.78 is 0. The van der Waals surface area contributed by atoms with Gasteiger partial charge in [-0.2, -0.15) is 0 Å². The Morgan fingerprint density at radius 1 is 1.46 bits per heavy atom. The molecule has 72 valence electrons. The summed E-state index contributed by atoms with van der Waals surface area (Å²) in [5.41, 5.74) is 0. The molecule has 0 bridgehead atoms. The molecule has 5 nitrogen and oxygen atoms in total. The molecule has 0 aromatic carbocycles. The zero-order valence-electron chi connectivity index (χ0n) is 7.54. The standard InChI is InChI=1S/C8H13N3O2/c1-5-8(13)11-3-2-9-4-6(11)7(12)10-5/h5-6,9H,2-4H2,1H3,(H,10,12)/t5-,6?/m0/s1. The second-order valence-electron chi connectivity index (χ2n) is 3.48. The highest BCUT2D eigenvalue weighted by atomic mass is 16.2. The van der Waals surface area contributed by atoms with E-state index >= 15 is 0 Å². The lowest BCUT2D eigenvalue weighted by Crippen LogP contribution is -2.68. The third kappa shape index (κ3) is 1.29. The zero-order chi connectivity index (χ0) is 9.42. The fourth-order valence-electron chi connectivity index (χ4n) is 1.82. The van der Waals surface area contributed by atoms with Crippen molar-refractivity contribution in [1.82, 2.24) is 15.5 Å². The Labute approximate surface area is 76.5 Å². The van der Waals surface area contributed by atoms with Crippen molar-refractivity contribution in [3.05, 3.63) is 0 Å². The minimum atomic E-state index is -0.359. The van der Waals surface area contributed by atoms with Crippen LogP contribution in [0.1, 0.15) is 6.92 Å². The predicted octanol–water partition coefficient (Wildman–Crippen LogP) is -1.69. The summed E-state index contributed by atoms with van der Waals surface area (Å²) in [5.74, 6) is -0.00889. The SMILES string of the molecule is C[C@@H]1NC(=O)C2CNCCN2C1=O. The number of carbonyl (C=O) groups excluding carboxylic acids is 2. The molecule has 0 aromatic rings. The van der Waals surface area contributed by atoms with Crippen molar-refractivity contribution < 1.29 is 9.59 Å². The molecule has 2 amide bonds. The molecule has 2 fully saturated rings. The Kier molecular flexibility index (Phi) is 1.95. The molecule has 2 saturated heterocycles. The van der Waals surface area contributed by atoms with Gasteiger partial charge in [-0.15, -0.1) is 0 Å². The number of hydrogen-bond donors (Lipinski definition) is 2. The van der Waals surface area contributed by atoms with Gasteiger partial charge in [0.1, 0.15) is 12.1 Å². The number of nitrogens with zero attached hydrogens (tertiary/aromatic N) is 1. The van der Waals surface area contributed by atoms with Crippen LogP contribution in [0.4, 0.5) is 0 Å². The smallest absolute Gasteiger partial charge is 0.245 e. The van der Waals surface area contributed by atoms with Gasteiger partial charge in [0.25, 0.3) is 0 Å². The van der Waals surface area contributed by atoms with Crippen molar-refractivity contribution in [2.75, 3.05) is 19.6 Å². The summed E-state index contributed by atoms with van der Waals surface area (Å²) in [7, 11) is 0. The number of piperazine rings is 2. The molecular formula is C8H13N3O2. The molecule has 2 atom stereocenters.